The topological polar surface area (TPSA) is 83.9 Å². The molecule has 2 saturated heterocycles. The Hall–Kier alpha value is -0.660. The van der Waals surface area contributed by atoms with E-state index >= 15 is 0 Å². The normalized spacial score (nSPS) is 34.4. The molecule has 0 aliphatic carbocycles. The number of aliphatic carboxylic acids is 1. The number of hydrogen-bond donors (Lipinski definition) is 1. The average Bonchev–Trinajstić information content (AvgIpc) is 2.28. The quantitative estimate of drug-likeness (QED) is 0.712. The van der Waals surface area contributed by atoms with Gasteiger partial charge in [0.2, 0.25) is 0 Å². The molecule has 2 aliphatic rings. The highest BCUT2D eigenvalue weighted by Gasteiger charge is 2.34. The summed E-state index contributed by atoms with van der Waals surface area (Å²) >= 11 is 0. The Bertz CT molecular complexity index is 394. The van der Waals surface area contributed by atoms with Gasteiger partial charge in [-0.15, -0.1) is 0 Å². The Balaban J connectivity index is 1.99. The second-order valence-corrected chi connectivity index (χ2v) is 6.83. The van der Waals surface area contributed by atoms with Crippen molar-refractivity contribution < 1.29 is 23.1 Å². The number of nitrogens with zero attached hydrogens (tertiary/aromatic N) is 1. The minimum atomic E-state index is -2.95. The Morgan fingerprint density at radius 2 is 2.18 bits per heavy atom. The molecule has 7 heteroatoms. The van der Waals surface area contributed by atoms with Crippen LogP contribution in [0.3, 0.4) is 0 Å². The van der Waals surface area contributed by atoms with Gasteiger partial charge in [0.1, 0.15) is 0 Å². The van der Waals surface area contributed by atoms with E-state index in [4.69, 9.17) is 9.84 Å². The molecule has 2 atom stereocenters. The summed E-state index contributed by atoms with van der Waals surface area (Å²) in [6.45, 7) is 1.26. The first-order valence-corrected chi connectivity index (χ1v) is 7.59. The van der Waals surface area contributed by atoms with Crippen LogP contribution in [0.15, 0.2) is 0 Å². The fourth-order valence-corrected chi connectivity index (χ4v) is 4.17. The van der Waals surface area contributed by atoms with Gasteiger partial charge in [0.05, 0.1) is 18.1 Å². The van der Waals surface area contributed by atoms with Crippen LogP contribution in [-0.4, -0.2) is 67.7 Å². The van der Waals surface area contributed by atoms with E-state index in [-0.39, 0.29) is 24.1 Å². The molecule has 2 aliphatic heterocycles. The number of carboxylic acids is 1. The Labute approximate surface area is 100 Å². The second kappa shape index (κ2) is 4.91. The fraction of sp³-hybridized carbons (Fsp3) is 0.900. The lowest BCUT2D eigenvalue weighted by molar-refractivity contribution is -0.157. The third kappa shape index (κ3) is 3.17. The van der Waals surface area contributed by atoms with Gasteiger partial charge in [-0.25, -0.2) is 13.2 Å². The zero-order chi connectivity index (χ0) is 12.5. The van der Waals surface area contributed by atoms with Crippen LogP contribution in [-0.2, 0) is 19.4 Å². The van der Waals surface area contributed by atoms with E-state index in [9.17, 15) is 13.2 Å². The van der Waals surface area contributed by atoms with Gasteiger partial charge in [-0.3, -0.25) is 4.90 Å². The van der Waals surface area contributed by atoms with Gasteiger partial charge in [0.15, 0.2) is 15.9 Å². The molecule has 0 spiro atoms. The minimum absolute atomic E-state index is 0.0421. The van der Waals surface area contributed by atoms with Crippen molar-refractivity contribution in [1.29, 1.82) is 0 Å². The summed E-state index contributed by atoms with van der Waals surface area (Å²) < 4.78 is 28.2. The number of sulfone groups is 1. The van der Waals surface area contributed by atoms with Crippen molar-refractivity contribution in [2.45, 2.75) is 25.0 Å². The third-order valence-electron chi connectivity index (χ3n) is 3.33. The van der Waals surface area contributed by atoms with E-state index in [2.05, 4.69) is 0 Å². The highest BCUT2D eigenvalue weighted by atomic mass is 32.2. The minimum Gasteiger partial charge on any atom is -0.479 e. The zero-order valence-corrected chi connectivity index (χ0v) is 10.4. The van der Waals surface area contributed by atoms with Crippen LogP contribution in [0, 0.1) is 0 Å². The molecule has 2 heterocycles. The predicted octanol–water partition coefficient (Wildman–Crippen LogP) is -0.651. The summed E-state index contributed by atoms with van der Waals surface area (Å²) in [6.07, 6.45) is 0.668. The van der Waals surface area contributed by atoms with Crippen LogP contribution in [0.5, 0.6) is 0 Å². The highest BCUT2D eigenvalue weighted by Crippen LogP contribution is 2.20. The van der Waals surface area contributed by atoms with E-state index in [1.165, 1.54) is 0 Å². The van der Waals surface area contributed by atoms with Gasteiger partial charge >= 0.3 is 5.97 Å². The monoisotopic (exact) mass is 263 g/mol. The first kappa shape index (κ1) is 12.8. The molecule has 2 fully saturated rings. The van der Waals surface area contributed by atoms with Crippen molar-refractivity contribution in [3.8, 4) is 0 Å². The lowest BCUT2D eigenvalue weighted by atomic mass is 10.1. The Morgan fingerprint density at radius 1 is 1.41 bits per heavy atom. The summed E-state index contributed by atoms with van der Waals surface area (Å²) in [5, 5.41) is 8.89. The Kier molecular flexibility index (Phi) is 3.70. The molecule has 17 heavy (non-hydrogen) atoms. The smallest absolute Gasteiger partial charge is 0.334 e. The molecule has 2 rings (SSSR count). The maximum atomic E-state index is 11.5. The SMILES string of the molecule is O=C(O)C1CN(C2CCCS(=O)(=O)C2)CCO1. The second-order valence-electron chi connectivity index (χ2n) is 4.60. The summed E-state index contributed by atoms with van der Waals surface area (Å²) in [4.78, 5) is 12.8. The van der Waals surface area contributed by atoms with Gasteiger partial charge in [-0.2, -0.15) is 0 Å². The molecule has 0 aromatic heterocycles. The summed E-state index contributed by atoms with van der Waals surface area (Å²) in [6, 6.07) is -0.0421. The van der Waals surface area contributed by atoms with Crippen molar-refractivity contribution in [3.05, 3.63) is 0 Å². The Morgan fingerprint density at radius 3 is 2.82 bits per heavy atom. The van der Waals surface area contributed by atoms with E-state index in [0.29, 0.717) is 19.6 Å². The van der Waals surface area contributed by atoms with Crippen LogP contribution < -0.4 is 0 Å². The van der Waals surface area contributed by atoms with Gasteiger partial charge < -0.3 is 9.84 Å². The lowest BCUT2D eigenvalue weighted by Crippen LogP contribution is -2.53. The molecule has 2 unspecified atom stereocenters. The van der Waals surface area contributed by atoms with Gasteiger partial charge in [0, 0.05) is 19.1 Å². The molecule has 0 bridgehead atoms. The fourth-order valence-electron chi connectivity index (χ4n) is 2.44. The molecule has 98 valence electrons. The van der Waals surface area contributed by atoms with E-state index in [0.717, 1.165) is 6.42 Å². The molecule has 1 N–H and O–H groups in total. The summed E-state index contributed by atoms with van der Waals surface area (Å²) in [5.41, 5.74) is 0. The standard InChI is InChI=1S/C10H17NO5S/c12-10(13)9-6-11(3-4-16-9)8-2-1-5-17(14,15)7-8/h8-9H,1-7H2,(H,12,13). The molecule has 0 aromatic rings. The summed E-state index contributed by atoms with van der Waals surface area (Å²) in [5.74, 6) is -0.566. The molecule has 0 aromatic carbocycles. The number of hydrogen-bond acceptors (Lipinski definition) is 5. The number of carbonyl (C=O) groups is 1. The van der Waals surface area contributed by atoms with Crippen LogP contribution in [0.1, 0.15) is 12.8 Å². The largest absolute Gasteiger partial charge is 0.479 e. The third-order valence-corrected chi connectivity index (χ3v) is 5.13. The zero-order valence-electron chi connectivity index (χ0n) is 9.54. The maximum Gasteiger partial charge on any atom is 0.334 e. The molecule has 0 radical (unpaired) electrons. The van der Waals surface area contributed by atoms with Crippen LogP contribution in [0.25, 0.3) is 0 Å². The van der Waals surface area contributed by atoms with Crippen molar-refractivity contribution in [1.82, 2.24) is 4.90 Å². The first-order valence-electron chi connectivity index (χ1n) is 5.77. The summed E-state index contributed by atoms with van der Waals surface area (Å²) in [7, 11) is -2.95. The number of rotatable bonds is 2. The molecule has 6 nitrogen and oxygen atoms in total. The molecular formula is C10H17NO5S. The van der Waals surface area contributed by atoms with Crippen molar-refractivity contribution in [3.63, 3.8) is 0 Å². The van der Waals surface area contributed by atoms with Crippen LogP contribution >= 0.6 is 0 Å². The molecular weight excluding hydrogens is 246 g/mol. The average molecular weight is 263 g/mol. The van der Waals surface area contributed by atoms with E-state index in [1.807, 2.05) is 4.90 Å². The van der Waals surface area contributed by atoms with Gasteiger partial charge in [0.25, 0.3) is 0 Å². The van der Waals surface area contributed by atoms with Gasteiger partial charge in [-0.05, 0) is 12.8 Å². The van der Waals surface area contributed by atoms with E-state index < -0.39 is 21.9 Å². The number of carboxylic acid groups (broad SMARTS) is 1. The first-order chi connectivity index (χ1) is 7.98. The predicted molar refractivity (Wildman–Crippen MR) is 60.6 cm³/mol. The molecule has 0 saturated carbocycles. The number of ether oxygens (including phenoxy) is 1. The van der Waals surface area contributed by atoms with Crippen molar-refractivity contribution in [2.24, 2.45) is 0 Å². The van der Waals surface area contributed by atoms with Crippen LogP contribution in [0.2, 0.25) is 0 Å². The number of morpholine rings is 1. The van der Waals surface area contributed by atoms with Crippen molar-refractivity contribution in [2.75, 3.05) is 31.2 Å². The van der Waals surface area contributed by atoms with E-state index in [1.54, 1.807) is 0 Å². The van der Waals surface area contributed by atoms with Crippen molar-refractivity contribution >= 4 is 15.8 Å². The van der Waals surface area contributed by atoms with Crippen LogP contribution in [0.4, 0.5) is 0 Å². The highest BCUT2D eigenvalue weighted by molar-refractivity contribution is 7.91. The van der Waals surface area contributed by atoms with Gasteiger partial charge in [-0.1, -0.05) is 0 Å². The maximum absolute atomic E-state index is 11.5. The lowest BCUT2D eigenvalue weighted by Gasteiger charge is -2.38. The molecule has 0 amide bonds.